The van der Waals surface area contributed by atoms with Crippen molar-refractivity contribution in [3.63, 3.8) is 0 Å². The molecular formula is C28H24BrN3O13P3-3. The van der Waals surface area contributed by atoms with E-state index in [-0.39, 0.29) is 11.2 Å². The lowest BCUT2D eigenvalue weighted by atomic mass is 10.1. The highest BCUT2D eigenvalue weighted by atomic mass is 79.9. The van der Waals surface area contributed by atoms with Crippen molar-refractivity contribution in [2.75, 3.05) is 6.61 Å². The molecule has 254 valence electrons. The first-order valence-electron chi connectivity index (χ1n) is 14.0. The zero-order chi connectivity index (χ0) is 34.4. The number of aromatic nitrogens is 3. The molecule has 7 atom stereocenters. The predicted octanol–water partition coefficient (Wildman–Crippen LogP) is 2.44. The van der Waals surface area contributed by atoms with Gasteiger partial charge in [0, 0.05) is 28.6 Å². The van der Waals surface area contributed by atoms with Crippen LogP contribution in [0.2, 0.25) is 0 Å². The van der Waals surface area contributed by atoms with Crippen LogP contribution in [0.5, 0.6) is 0 Å². The van der Waals surface area contributed by atoms with Crippen LogP contribution in [0.1, 0.15) is 11.8 Å². The molecule has 16 nitrogen and oxygen atoms in total. The third-order valence-corrected chi connectivity index (χ3v) is 12.5. The Balaban J connectivity index is 1.10. The van der Waals surface area contributed by atoms with E-state index >= 15 is 0 Å². The fourth-order valence-corrected chi connectivity index (χ4v) is 9.49. The van der Waals surface area contributed by atoms with Crippen LogP contribution in [-0.2, 0) is 37.7 Å². The standard InChI is InChI=1S/C28H27BrN3O13P3/c29-20-10-8-18(9-11-20)22-14-32-24(30-22)12-13-31(28(32)35)27-26(34)25(33)23(43-27)15-42-47(38,39)45-48(40,41)44-46(36,37)16-19-6-3-5-17-4-1-2-7-21(17)19/h1-14,23,25-27,33-34H,15-16H2,(H,36,37)(H,38,39)(H,40,41)/p-3/t23-,25+,26?,27-/m1/s1. The molecule has 48 heavy (non-hydrogen) atoms. The van der Waals surface area contributed by atoms with Crippen LogP contribution in [0.25, 0.3) is 27.7 Å². The minimum Gasteiger partial charge on any atom is -0.778 e. The van der Waals surface area contributed by atoms with Crippen LogP contribution < -0.4 is 20.4 Å². The zero-order valence-electron chi connectivity index (χ0n) is 24.3. The van der Waals surface area contributed by atoms with Gasteiger partial charge >= 0.3 is 5.69 Å². The molecule has 3 heterocycles. The number of imidazole rings is 1. The van der Waals surface area contributed by atoms with Gasteiger partial charge in [-0.3, -0.25) is 22.4 Å². The molecule has 2 aromatic heterocycles. The highest BCUT2D eigenvalue weighted by Crippen LogP contribution is 2.63. The van der Waals surface area contributed by atoms with Crippen LogP contribution in [-0.4, -0.2) is 49.1 Å². The number of aliphatic hydroxyl groups excluding tert-OH is 2. The number of hydrogen-bond acceptors (Lipinski definition) is 14. The van der Waals surface area contributed by atoms with Crippen molar-refractivity contribution in [3.05, 3.63) is 106 Å². The average molecular weight is 783 g/mol. The molecule has 1 fully saturated rings. The van der Waals surface area contributed by atoms with Gasteiger partial charge in [-0.2, -0.15) is 0 Å². The first kappa shape index (κ1) is 35.0. The maximum absolute atomic E-state index is 13.3. The molecule has 0 saturated carbocycles. The van der Waals surface area contributed by atoms with Gasteiger partial charge in [0.25, 0.3) is 15.6 Å². The Morgan fingerprint density at radius 1 is 0.896 bits per heavy atom. The third kappa shape index (κ3) is 7.64. The smallest absolute Gasteiger partial charge is 0.336 e. The summed E-state index contributed by atoms with van der Waals surface area (Å²) < 4.78 is 58.4. The van der Waals surface area contributed by atoms with Crippen LogP contribution in [0.15, 0.2) is 94.5 Å². The van der Waals surface area contributed by atoms with Crippen molar-refractivity contribution < 1.29 is 56.5 Å². The van der Waals surface area contributed by atoms with Crippen LogP contribution in [0.4, 0.5) is 0 Å². The fourth-order valence-electron chi connectivity index (χ4n) is 5.20. The van der Waals surface area contributed by atoms with Crippen molar-refractivity contribution in [2.24, 2.45) is 0 Å². The summed E-state index contributed by atoms with van der Waals surface area (Å²) >= 11 is 3.35. The van der Waals surface area contributed by atoms with Gasteiger partial charge in [-0.1, -0.05) is 70.5 Å². The van der Waals surface area contributed by atoms with Crippen molar-refractivity contribution in [1.29, 1.82) is 0 Å². The van der Waals surface area contributed by atoms with E-state index in [1.807, 2.05) is 0 Å². The van der Waals surface area contributed by atoms with E-state index in [0.717, 1.165) is 14.6 Å². The quantitative estimate of drug-likeness (QED) is 0.183. The summed E-state index contributed by atoms with van der Waals surface area (Å²) in [4.78, 5) is 54.9. The molecular weight excluding hydrogens is 759 g/mol. The second-order valence-electron chi connectivity index (χ2n) is 10.7. The summed E-state index contributed by atoms with van der Waals surface area (Å²) in [6.07, 6.45) is -4.88. The highest BCUT2D eigenvalue weighted by Gasteiger charge is 2.45. The second kappa shape index (κ2) is 13.5. The first-order valence-corrected chi connectivity index (χ1v) is 19.4. The average Bonchev–Trinajstić information content (AvgIpc) is 3.57. The molecule has 20 heteroatoms. The maximum atomic E-state index is 13.3. The molecule has 5 aromatic rings. The van der Waals surface area contributed by atoms with Crippen molar-refractivity contribution >= 4 is 55.6 Å². The van der Waals surface area contributed by atoms with Gasteiger partial charge in [-0.05, 0) is 34.5 Å². The molecule has 1 saturated heterocycles. The Hall–Kier alpha value is -2.85. The van der Waals surface area contributed by atoms with Crippen molar-refractivity contribution in [1.82, 2.24) is 14.0 Å². The fraction of sp³-hybridized carbons (Fsp3) is 0.214. The Morgan fingerprint density at radius 2 is 1.60 bits per heavy atom. The number of phosphoric ester groups is 1. The van der Waals surface area contributed by atoms with Gasteiger partial charge in [0.15, 0.2) is 6.23 Å². The van der Waals surface area contributed by atoms with Crippen LogP contribution in [0, 0.1) is 0 Å². The minimum absolute atomic E-state index is 0.199. The summed E-state index contributed by atoms with van der Waals surface area (Å²) in [5.41, 5.74) is 0.955. The van der Waals surface area contributed by atoms with Gasteiger partial charge in [0.05, 0.1) is 12.3 Å². The van der Waals surface area contributed by atoms with Gasteiger partial charge in [0.1, 0.15) is 31.6 Å². The summed E-state index contributed by atoms with van der Waals surface area (Å²) in [6.45, 7) is -1.09. The highest BCUT2D eigenvalue weighted by molar-refractivity contribution is 9.10. The molecule has 1 aliphatic rings. The summed E-state index contributed by atoms with van der Waals surface area (Å²) in [7, 11) is -17.2. The van der Waals surface area contributed by atoms with E-state index in [4.69, 9.17) is 4.74 Å². The first-order chi connectivity index (χ1) is 22.6. The Bertz CT molecular complexity index is 2190. The van der Waals surface area contributed by atoms with E-state index in [1.54, 1.807) is 60.7 Å². The van der Waals surface area contributed by atoms with E-state index < -0.39 is 66.2 Å². The molecule has 2 N–H and O–H groups in total. The third-order valence-electron chi connectivity index (χ3n) is 7.36. The van der Waals surface area contributed by atoms with Crippen molar-refractivity contribution in [3.8, 4) is 11.3 Å². The number of phosphoric acid groups is 2. The van der Waals surface area contributed by atoms with E-state index in [0.29, 0.717) is 16.5 Å². The molecule has 3 aromatic carbocycles. The molecule has 1 aliphatic heterocycles. The number of hydrogen-bond donors (Lipinski definition) is 2. The Kier molecular flexibility index (Phi) is 9.81. The molecule has 0 aliphatic carbocycles. The second-order valence-corrected chi connectivity index (χ2v) is 16.5. The molecule has 0 amide bonds. The topological polar surface area (TPSA) is 237 Å². The molecule has 6 rings (SSSR count). The van der Waals surface area contributed by atoms with Crippen molar-refractivity contribution in [2.45, 2.75) is 30.7 Å². The van der Waals surface area contributed by atoms with E-state index in [1.165, 1.54) is 28.9 Å². The number of benzene rings is 3. The summed E-state index contributed by atoms with van der Waals surface area (Å²) in [5, 5.41) is 22.3. The number of fused-ring (bicyclic) bond motifs is 2. The molecule has 4 unspecified atom stereocenters. The maximum Gasteiger partial charge on any atom is 0.336 e. The predicted molar refractivity (Wildman–Crippen MR) is 167 cm³/mol. The Labute approximate surface area is 279 Å². The monoisotopic (exact) mass is 782 g/mol. The summed E-state index contributed by atoms with van der Waals surface area (Å²) in [5.74, 6) is 0. The lowest BCUT2D eigenvalue weighted by Crippen LogP contribution is -2.37. The molecule has 0 radical (unpaired) electrons. The van der Waals surface area contributed by atoms with Crippen LogP contribution >= 0.6 is 39.2 Å². The number of halogens is 1. The number of ether oxygens (including phenoxy) is 1. The van der Waals surface area contributed by atoms with Gasteiger partial charge in [-0.25, -0.2) is 14.1 Å². The normalized spacial score (nSPS) is 23.5. The minimum atomic E-state index is -6.07. The van der Waals surface area contributed by atoms with Gasteiger partial charge < -0.3 is 38.7 Å². The zero-order valence-corrected chi connectivity index (χ0v) is 28.5. The number of aliphatic hydroxyl groups is 2. The largest absolute Gasteiger partial charge is 0.778 e. The number of rotatable bonds is 11. The molecule has 0 bridgehead atoms. The lowest BCUT2D eigenvalue weighted by molar-refractivity contribution is -0.246. The summed E-state index contributed by atoms with van der Waals surface area (Å²) in [6, 6.07) is 20.0. The van der Waals surface area contributed by atoms with Crippen LogP contribution in [0.3, 0.4) is 0 Å². The number of nitrogens with zero attached hydrogens (tertiary/aromatic N) is 3. The molecule has 0 spiro atoms. The van der Waals surface area contributed by atoms with E-state index in [9.17, 15) is 43.4 Å². The lowest BCUT2D eigenvalue weighted by Gasteiger charge is -2.35. The van der Waals surface area contributed by atoms with E-state index in [2.05, 4.69) is 34.1 Å². The van der Waals surface area contributed by atoms with Gasteiger partial charge in [0.2, 0.25) is 0 Å². The SMILES string of the molecule is O=c1n([C@@H]2O[C@H](COP(=O)([O-])OP(=O)([O-])OP(=O)([O-])Cc3cccc4ccccc34)[C@H](O)C2O)ccc2nc(-c3ccc(Br)cc3)cn12. The Morgan fingerprint density at radius 3 is 2.35 bits per heavy atom. The van der Waals surface area contributed by atoms with Gasteiger partial charge in [-0.15, -0.1) is 0 Å².